The molecule has 0 unspecified atom stereocenters. The first-order valence-electron chi connectivity index (χ1n) is 8.14. The summed E-state index contributed by atoms with van der Waals surface area (Å²) in [5, 5.41) is 9.44. The van der Waals surface area contributed by atoms with Crippen LogP contribution in [0.4, 0.5) is 26.3 Å². The number of aliphatic hydroxyl groups excluding tert-OH is 1. The average molecular weight is 391 g/mol. The van der Waals surface area contributed by atoms with E-state index < -0.39 is 30.5 Å². The molecular weight excluding hydrogens is 376 g/mol. The molecule has 27 heavy (non-hydrogen) atoms. The van der Waals surface area contributed by atoms with Crippen LogP contribution in [0.15, 0.2) is 30.3 Å². The van der Waals surface area contributed by atoms with Gasteiger partial charge in [-0.1, -0.05) is 0 Å². The summed E-state index contributed by atoms with van der Waals surface area (Å²) in [5.74, 6) is -0.242. The van der Waals surface area contributed by atoms with Crippen molar-refractivity contribution in [2.24, 2.45) is 5.92 Å². The molecule has 9 heteroatoms. The average Bonchev–Trinajstić information content (AvgIpc) is 3.36. The second-order valence-electron chi connectivity index (χ2n) is 6.36. The van der Waals surface area contributed by atoms with Crippen molar-refractivity contribution in [1.82, 2.24) is 4.98 Å². The fourth-order valence-electron chi connectivity index (χ4n) is 2.79. The normalized spacial score (nSPS) is 15.1. The van der Waals surface area contributed by atoms with Crippen LogP contribution in [0.1, 0.15) is 29.7 Å². The molecule has 0 bridgehead atoms. The van der Waals surface area contributed by atoms with Crippen LogP contribution < -0.4 is 4.74 Å². The molecule has 0 atom stereocenters. The van der Waals surface area contributed by atoms with Crippen molar-refractivity contribution in [3.05, 3.63) is 47.2 Å². The van der Waals surface area contributed by atoms with Gasteiger partial charge in [0.2, 0.25) is 0 Å². The van der Waals surface area contributed by atoms with Crippen molar-refractivity contribution in [2.45, 2.75) is 38.4 Å². The molecule has 1 aromatic heterocycles. The zero-order valence-corrected chi connectivity index (χ0v) is 13.9. The van der Waals surface area contributed by atoms with E-state index in [4.69, 9.17) is 0 Å². The summed E-state index contributed by atoms with van der Waals surface area (Å²) in [5.41, 5.74) is -0.873. The molecule has 1 aliphatic rings. The lowest BCUT2D eigenvalue weighted by Gasteiger charge is -2.17. The van der Waals surface area contributed by atoms with E-state index in [-0.39, 0.29) is 28.4 Å². The zero-order valence-electron chi connectivity index (χ0n) is 13.9. The number of hydrogen-bond donors (Lipinski definition) is 1. The Morgan fingerprint density at radius 3 is 2.15 bits per heavy atom. The van der Waals surface area contributed by atoms with Gasteiger partial charge in [-0.05, 0) is 55.5 Å². The van der Waals surface area contributed by atoms with Gasteiger partial charge in [-0.3, -0.25) is 4.98 Å². The second kappa shape index (κ2) is 7.03. The maximum absolute atomic E-state index is 13.4. The van der Waals surface area contributed by atoms with Gasteiger partial charge in [-0.25, -0.2) is 0 Å². The van der Waals surface area contributed by atoms with Gasteiger partial charge >= 0.3 is 12.5 Å². The van der Waals surface area contributed by atoms with Crippen LogP contribution in [0.3, 0.4) is 0 Å². The first kappa shape index (κ1) is 19.5. The Hall–Kier alpha value is -2.29. The van der Waals surface area contributed by atoms with Crippen LogP contribution in [0.2, 0.25) is 0 Å². The quantitative estimate of drug-likeness (QED) is 0.721. The zero-order chi connectivity index (χ0) is 19.8. The van der Waals surface area contributed by atoms with Crippen LogP contribution in [-0.4, -0.2) is 16.5 Å². The molecule has 0 aliphatic heterocycles. The third-order valence-electron chi connectivity index (χ3n) is 4.24. The number of benzene rings is 1. The van der Waals surface area contributed by atoms with Gasteiger partial charge in [0.25, 0.3) is 0 Å². The van der Waals surface area contributed by atoms with Crippen molar-refractivity contribution in [1.29, 1.82) is 0 Å². The Labute approximate surface area is 150 Å². The van der Waals surface area contributed by atoms with E-state index in [1.807, 2.05) is 0 Å². The molecule has 0 spiro atoms. The van der Waals surface area contributed by atoms with Gasteiger partial charge in [-0.2, -0.15) is 13.2 Å². The van der Waals surface area contributed by atoms with Crippen LogP contribution in [0, 0.1) is 5.92 Å². The molecule has 0 saturated heterocycles. The molecule has 2 aromatic rings. The fraction of sp³-hybridized carbons (Fsp3) is 0.389. The van der Waals surface area contributed by atoms with Crippen LogP contribution in [-0.2, 0) is 19.2 Å². The maximum Gasteiger partial charge on any atom is 0.573 e. The summed E-state index contributed by atoms with van der Waals surface area (Å²) in [6, 6.07) is 5.25. The predicted molar refractivity (Wildman–Crippen MR) is 83.7 cm³/mol. The molecule has 1 N–H and O–H groups in total. The third kappa shape index (κ3) is 4.91. The van der Waals surface area contributed by atoms with Gasteiger partial charge in [0, 0.05) is 16.8 Å². The van der Waals surface area contributed by atoms with Gasteiger partial charge in [0.15, 0.2) is 0 Å². The number of rotatable bonds is 5. The van der Waals surface area contributed by atoms with Gasteiger partial charge in [-0.15, -0.1) is 13.2 Å². The summed E-state index contributed by atoms with van der Waals surface area (Å²) >= 11 is 0. The number of alkyl halides is 6. The Morgan fingerprint density at radius 2 is 1.67 bits per heavy atom. The van der Waals surface area contributed by atoms with Gasteiger partial charge in [0.1, 0.15) is 5.75 Å². The lowest BCUT2D eigenvalue weighted by Crippen LogP contribution is -2.17. The summed E-state index contributed by atoms with van der Waals surface area (Å²) in [6.07, 6.45) is -7.44. The number of aromatic nitrogens is 1. The SMILES string of the molecule is OCc1c(C(F)(F)F)cc(-c2ccc(OC(F)(F)F)cc2)nc1CC1CC1. The van der Waals surface area contributed by atoms with Crippen LogP contribution in [0.25, 0.3) is 11.3 Å². The second-order valence-corrected chi connectivity index (χ2v) is 6.36. The standard InChI is InChI=1S/C18H15F6NO2/c19-17(20,21)14-8-15(25-16(13(14)9-26)7-10-1-2-10)11-3-5-12(6-4-11)27-18(22,23)24/h3-6,8,10,26H,1-2,7,9H2. The Kier molecular flexibility index (Phi) is 5.07. The van der Waals surface area contributed by atoms with Gasteiger partial charge < -0.3 is 9.84 Å². The molecule has 3 nitrogen and oxygen atoms in total. The van der Waals surface area contributed by atoms with E-state index in [1.165, 1.54) is 12.1 Å². The number of halogens is 6. The van der Waals surface area contributed by atoms with E-state index in [9.17, 15) is 31.4 Å². The fourth-order valence-corrected chi connectivity index (χ4v) is 2.79. The number of pyridine rings is 1. The first-order valence-corrected chi connectivity index (χ1v) is 8.14. The van der Waals surface area contributed by atoms with Crippen molar-refractivity contribution >= 4 is 0 Å². The topological polar surface area (TPSA) is 42.4 Å². The number of nitrogens with zero attached hydrogens (tertiary/aromatic N) is 1. The summed E-state index contributed by atoms with van der Waals surface area (Å²) in [6.45, 7) is -0.789. The maximum atomic E-state index is 13.4. The van der Waals surface area contributed by atoms with E-state index in [2.05, 4.69) is 9.72 Å². The molecule has 3 rings (SSSR count). The summed E-state index contributed by atoms with van der Waals surface area (Å²) in [7, 11) is 0. The largest absolute Gasteiger partial charge is 0.573 e. The van der Waals surface area contributed by atoms with Crippen LogP contribution >= 0.6 is 0 Å². The summed E-state index contributed by atoms with van der Waals surface area (Å²) < 4.78 is 80.7. The molecule has 146 valence electrons. The lowest BCUT2D eigenvalue weighted by molar-refractivity contribution is -0.274. The molecule has 1 fully saturated rings. The monoisotopic (exact) mass is 391 g/mol. The minimum absolute atomic E-state index is 0.0197. The molecular formula is C18H15F6NO2. The molecule has 1 aromatic carbocycles. The molecule has 0 radical (unpaired) electrons. The molecule has 1 aliphatic carbocycles. The molecule has 0 amide bonds. The highest BCUT2D eigenvalue weighted by Gasteiger charge is 2.36. The molecule has 1 saturated carbocycles. The Bertz CT molecular complexity index is 810. The van der Waals surface area contributed by atoms with Crippen molar-refractivity contribution < 1.29 is 36.2 Å². The highest BCUT2D eigenvalue weighted by atomic mass is 19.4. The highest BCUT2D eigenvalue weighted by Crippen LogP contribution is 2.39. The van der Waals surface area contributed by atoms with Crippen molar-refractivity contribution in [3.63, 3.8) is 0 Å². The van der Waals surface area contributed by atoms with E-state index in [0.717, 1.165) is 31.0 Å². The lowest BCUT2D eigenvalue weighted by atomic mass is 9.99. The molecule has 1 heterocycles. The van der Waals surface area contributed by atoms with Crippen LogP contribution in [0.5, 0.6) is 5.75 Å². The van der Waals surface area contributed by atoms with E-state index in [1.54, 1.807) is 0 Å². The third-order valence-corrected chi connectivity index (χ3v) is 4.24. The number of aliphatic hydroxyl groups is 1. The number of hydrogen-bond acceptors (Lipinski definition) is 3. The first-order chi connectivity index (χ1) is 12.6. The van der Waals surface area contributed by atoms with E-state index in [0.29, 0.717) is 6.42 Å². The predicted octanol–water partition coefficient (Wildman–Crippen LogP) is 5.11. The number of ether oxygens (including phenoxy) is 1. The Morgan fingerprint density at radius 1 is 1.04 bits per heavy atom. The minimum atomic E-state index is -4.86. The van der Waals surface area contributed by atoms with E-state index >= 15 is 0 Å². The summed E-state index contributed by atoms with van der Waals surface area (Å²) in [4.78, 5) is 4.25. The van der Waals surface area contributed by atoms with Gasteiger partial charge in [0.05, 0.1) is 17.9 Å². The minimum Gasteiger partial charge on any atom is -0.406 e. The highest BCUT2D eigenvalue weighted by molar-refractivity contribution is 5.62. The Balaban J connectivity index is 2.01. The van der Waals surface area contributed by atoms with Crippen molar-refractivity contribution in [2.75, 3.05) is 0 Å². The van der Waals surface area contributed by atoms with Crippen molar-refractivity contribution in [3.8, 4) is 17.0 Å². The smallest absolute Gasteiger partial charge is 0.406 e.